The van der Waals surface area contributed by atoms with Gasteiger partial charge in [0.25, 0.3) is 5.56 Å². The summed E-state index contributed by atoms with van der Waals surface area (Å²) in [4.78, 5) is 51.0. The number of phosphoric acid groups is 1. The van der Waals surface area contributed by atoms with Gasteiger partial charge in [0, 0.05) is 0 Å². The number of ether oxygens (including phenoxy) is 2. The maximum absolute atomic E-state index is 15.2. The number of nitrogens with one attached hydrogen (secondary N) is 1. The molecule has 5 heterocycles. The molecule has 2 aliphatic heterocycles. The van der Waals surface area contributed by atoms with Crippen LogP contribution in [0, 0.1) is 0 Å². The minimum atomic E-state index is -5.17. The molecule has 0 spiro atoms. The number of nitrogens with zero attached hydrogens (tertiary/aromatic N) is 6. The van der Waals surface area contributed by atoms with E-state index in [4.69, 9.17) is 30.0 Å². The molecule has 8 N–H and O–H groups in total. The second-order valence-electron chi connectivity index (χ2n) is 8.71. The van der Waals surface area contributed by atoms with Gasteiger partial charge in [-0.3, -0.25) is 28.0 Å². The Morgan fingerprint density at radius 1 is 1.07 bits per heavy atom. The molecule has 0 radical (unpaired) electrons. The average Bonchev–Trinajstić information content (AvgIpc) is 3.53. The zero-order valence-corrected chi connectivity index (χ0v) is 20.8. The highest BCUT2D eigenvalue weighted by molar-refractivity contribution is 7.47. The fourth-order valence-electron chi connectivity index (χ4n) is 4.27. The van der Waals surface area contributed by atoms with Gasteiger partial charge in [-0.2, -0.15) is 9.97 Å². The van der Waals surface area contributed by atoms with Crippen LogP contribution in [0.1, 0.15) is 12.5 Å². The highest BCUT2D eigenvalue weighted by Crippen LogP contribution is 2.49. The van der Waals surface area contributed by atoms with E-state index in [1.54, 1.807) is 0 Å². The van der Waals surface area contributed by atoms with Gasteiger partial charge >= 0.3 is 13.5 Å². The molecule has 9 atom stereocenters. The number of nitrogen functional groups attached to an aromatic ring is 2. The Balaban J connectivity index is 1.27. The van der Waals surface area contributed by atoms with Gasteiger partial charge in [0.15, 0.2) is 36.0 Å². The predicted molar refractivity (Wildman–Crippen MR) is 125 cm³/mol. The SMILES string of the molecule is Nc1ncn([C@@H]2O[C@H](CO)C(OP(=O)(O)OC[C@H]3O[C@@H](n4cnc5c(=O)[nH]c(N)nc54)C(F)C3O)C2F)c(=O)n1. The second kappa shape index (κ2) is 10.5. The number of phosphoric ester groups is 1. The first-order valence-electron chi connectivity index (χ1n) is 11.4. The summed E-state index contributed by atoms with van der Waals surface area (Å²) in [6, 6.07) is 0. The zero-order valence-electron chi connectivity index (χ0n) is 19.9. The first kappa shape index (κ1) is 28.1. The minimum Gasteiger partial charge on any atom is -0.394 e. The van der Waals surface area contributed by atoms with E-state index in [1.807, 2.05) is 0 Å². The van der Waals surface area contributed by atoms with Crippen LogP contribution in [0.5, 0.6) is 0 Å². The summed E-state index contributed by atoms with van der Waals surface area (Å²) in [5, 5.41) is 19.9. The summed E-state index contributed by atoms with van der Waals surface area (Å²) in [6.07, 6.45) is -12.8. The van der Waals surface area contributed by atoms with Crippen LogP contribution in [0.25, 0.3) is 11.2 Å². The van der Waals surface area contributed by atoms with Crippen LogP contribution in [0.3, 0.4) is 0 Å². The molecule has 22 heteroatoms. The van der Waals surface area contributed by atoms with Crippen molar-refractivity contribution in [1.82, 2.24) is 34.1 Å². The second-order valence-corrected chi connectivity index (χ2v) is 10.1. The van der Waals surface area contributed by atoms with E-state index >= 15 is 4.39 Å². The Kier molecular flexibility index (Phi) is 7.39. The third-order valence-electron chi connectivity index (χ3n) is 6.14. The summed E-state index contributed by atoms with van der Waals surface area (Å²) >= 11 is 0. The molecule has 19 nitrogen and oxygen atoms in total. The first-order valence-corrected chi connectivity index (χ1v) is 12.9. The van der Waals surface area contributed by atoms with Gasteiger partial charge in [-0.15, -0.1) is 0 Å². The Bertz CT molecular complexity index is 1570. The topological polar surface area (TPSA) is 278 Å². The van der Waals surface area contributed by atoms with Crippen molar-refractivity contribution in [3.63, 3.8) is 0 Å². The lowest BCUT2D eigenvalue weighted by Gasteiger charge is -2.22. The van der Waals surface area contributed by atoms with E-state index in [-0.39, 0.29) is 17.1 Å². The molecule has 2 saturated heterocycles. The van der Waals surface area contributed by atoms with Gasteiger partial charge in [0.1, 0.15) is 30.7 Å². The molecule has 0 aliphatic carbocycles. The summed E-state index contributed by atoms with van der Waals surface area (Å²) in [6.45, 7) is -1.81. The summed E-state index contributed by atoms with van der Waals surface area (Å²) in [7, 11) is -5.17. The molecule has 5 rings (SSSR count). The Labute approximate surface area is 219 Å². The molecule has 0 amide bonds. The number of aromatic amines is 1. The lowest BCUT2D eigenvalue weighted by Crippen LogP contribution is -2.36. The molecular weight excluding hydrogens is 571 g/mol. The summed E-state index contributed by atoms with van der Waals surface area (Å²) < 4.78 is 64.7. The Morgan fingerprint density at radius 3 is 2.45 bits per heavy atom. The lowest BCUT2D eigenvalue weighted by molar-refractivity contribution is -0.0576. The zero-order chi connectivity index (χ0) is 28.9. The molecule has 0 bridgehead atoms. The van der Waals surface area contributed by atoms with E-state index in [2.05, 4.69) is 24.9 Å². The van der Waals surface area contributed by atoms with Gasteiger partial charge in [-0.1, -0.05) is 0 Å². The fourth-order valence-corrected chi connectivity index (χ4v) is 5.22. The van der Waals surface area contributed by atoms with Crippen LogP contribution in [-0.2, 0) is 23.1 Å². The third kappa shape index (κ3) is 5.08. The maximum Gasteiger partial charge on any atom is 0.472 e. The van der Waals surface area contributed by atoms with Crippen molar-refractivity contribution in [2.75, 3.05) is 24.7 Å². The minimum absolute atomic E-state index is 0.149. The molecule has 218 valence electrons. The average molecular weight is 593 g/mol. The van der Waals surface area contributed by atoms with Crippen molar-refractivity contribution in [3.05, 3.63) is 33.5 Å². The molecule has 0 aromatic carbocycles. The number of halogens is 2. The largest absolute Gasteiger partial charge is 0.472 e. The van der Waals surface area contributed by atoms with Gasteiger partial charge < -0.3 is 36.0 Å². The van der Waals surface area contributed by atoms with E-state index in [1.165, 1.54) is 0 Å². The number of imidazole rings is 1. The van der Waals surface area contributed by atoms with Crippen LogP contribution in [0.2, 0.25) is 0 Å². The number of aliphatic hydroxyl groups is 2. The number of hydrogen-bond donors (Lipinski definition) is 6. The Morgan fingerprint density at radius 2 is 1.75 bits per heavy atom. The molecular formula is C18H22F2N9O10P. The van der Waals surface area contributed by atoms with Crippen molar-refractivity contribution in [2.45, 2.75) is 49.2 Å². The highest BCUT2D eigenvalue weighted by Gasteiger charge is 2.51. The summed E-state index contributed by atoms with van der Waals surface area (Å²) in [5.74, 6) is -0.676. The van der Waals surface area contributed by atoms with Crippen molar-refractivity contribution in [2.24, 2.45) is 0 Å². The van der Waals surface area contributed by atoms with Crippen molar-refractivity contribution >= 4 is 30.9 Å². The molecule has 3 aromatic rings. The van der Waals surface area contributed by atoms with E-state index < -0.39 is 87.4 Å². The van der Waals surface area contributed by atoms with Crippen molar-refractivity contribution in [1.29, 1.82) is 0 Å². The molecule has 40 heavy (non-hydrogen) atoms. The fraction of sp³-hybridized carbons (Fsp3) is 0.556. The number of nitrogens with two attached hydrogens (primary N) is 2. The monoisotopic (exact) mass is 593 g/mol. The quantitative estimate of drug-likeness (QED) is 0.144. The number of fused-ring (bicyclic) bond motifs is 1. The standard InChI is InChI=1S/C18H22F2N9O10P/c19-7-10(31)6(38-14(7)28-3-23-9-12(28)25-17(22)26-13(9)32)2-36-40(34,35)39-11-5(1-30)37-15(8(11)20)29-4-24-16(21)27-18(29)33/h3-8,10-11,14-15,30-31H,1-2H2,(H,34,35)(H2,21,27,33)(H3,22,25,26,32)/t5-,6-,7?,8?,10?,11?,14-,15-/m1/s1. The molecule has 2 fully saturated rings. The number of H-pyrrole nitrogens is 1. The number of rotatable bonds is 8. The van der Waals surface area contributed by atoms with Crippen LogP contribution >= 0.6 is 7.82 Å². The molecule has 5 unspecified atom stereocenters. The molecule has 0 saturated carbocycles. The molecule has 2 aliphatic rings. The Hall–Kier alpha value is -3.43. The predicted octanol–water partition coefficient (Wildman–Crippen LogP) is -2.74. The van der Waals surface area contributed by atoms with Crippen molar-refractivity contribution in [3.8, 4) is 0 Å². The normalized spacial score (nSPS) is 32.0. The highest BCUT2D eigenvalue weighted by atomic mass is 31.2. The number of hydrogen-bond acceptors (Lipinski definition) is 15. The summed E-state index contributed by atoms with van der Waals surface area (Å²) in [5.41, 5.74) is 8.75. The van der Waals surface area contributed by atoms with Crippen LogP contribution in [0.4, 0.5) is 20.7 Å². The maximum atomic E-state index is 15.2. The number of aromatic nitrogens is 7. The lowest BCUT2D eigenvalue weighted by atomic mass is 10.1. The van der Waals surface area contributed by atoms with E-state index in [9.17, 15) is 33.7 Å². The number of anilines is 2. The van der Waals surface area contributed by atoms with Crippen LogP contribution in [0.15, 0.2) is 22.2 Å². The van der Waals surface area contributed by atoms with E-state index in [0.717, 1.165) is 17.2 Å². The van der Waals surface area contributed by atoms with Gasteiger partial charge in [0.05, 0.1) is 19.5 Å². The smallest absolute Gasteiger partial charge is 0.394 e. The number of aliphatic hydroxyl groups excluding tert-OH is 2. The van der Waals surface area contributed by atoms with E-state index in [0.29, 0.717) is 4.57 Å². The number of alkyl halides is 2. The van der Waals surface area contributed by atoms with Crippen LogP contribution < -0.4 is 22.7 Å². The van der Waals surface area contributed by atoms with Gasteiger partial charge in [-0.25, -0.2) is 28.1 Å². The van der Waals surface area contributed by atoms with Crippen molar-refractivity contribution < 1.29 is 47.0 Å². The molecule has 3 aromatic heterocycles. The first-order chi connectivity index (χ1) is 18.9. The van der Waals surface area contributed by atoms with Gasteiger partial charge in [-0.05, 0) is 0 Å². The van der Waals surface area contributed by atoms with Gasteiger partial charge in [0.2, 0.25) is 11.9 Å². The van der Waals surface area contributed by atoms with Crippen LogP contribution in [-0.4, -0.2) is 99.1 Å². The third-order valence-corrected chi connectivity index (χ3v) is 7.13.